The maximum absolute atomic E-state index is 13.0. The topological polar surface area (TPSA) is 62.2 Å². The Kier molecular flexibility index (Phi) is 7.55. The van der Waals surface area contributed by atoms with E-state index in [4.69, 9.17) is 28.0 Å². The number of benzene rings is 1. The summed E-state index contributed by atoms with van der Waals surface area (Å²) < 4.78 is 0. The minimum atomic E-state index is -0.431. The quantitative estimate of drug-likeness (QED) is 0.514. The number of carbonyl (C=O) groups excluding carboxylic acids is 2. The van der Waals surface area contributed by atoms with E-state index in [1.54, 1.807) is 12.1 Å². The van der Waals surface area contributed by atoms with Crippen LogP contribution in [-0.2, 0) is 20.8 Å². The second kappa shape index (κ2) is 9.92. The van der Waals surface area contributed by atoms with Crippen LogP contribution in [0.25, 0.3) is 0 Å². The van der Waals surface area contributed by atoms with Crippen molar-refractivity contribution >= 4 is 40.8 Å². The fraction of sp³-hybridized carbons (Fsp3) is 0.571. The largest absolute Gasteiger partial charge is 0.341 e. The van der Waals surface area contributed by atoms with Gasteiger partial charge in [0.05, 0.1) is 28.2 Å². The molecule has 2 fully saturated rings. The van der Waals surface area contributed by atoms with Crippen LogP contribution in [-0.4, -0.2) is 59.6 Å². The third-order valence-corrected chi connectivity index (χ3v) is 6.50. The first-order valence-corrected chi connectivity index (χ1v) is 10.8. The summed E-state index contributed by atoms with van der Waals surface area (Å²) in [5, 5.41) is 4.94. The number of halogens is 2. The molecule has 0 bridgehead atoms. The summed E-state index contributed by atoms with van der Waals surface area (Å²) in [6.45, 7) is 3.46. The number of carbonyl (C=O) groups is 2. The molecule has 1 aliphatic carbocycles. The Morgan fingerprint density at radius 3 is 2.62 bits per heavy atom. The molecule has 0 spiro atoms. The van der Waals surface area contributed by atoms with Crippen LogP contribution in [0.2, 0.25) is 10.0 Å². The van der Waals surface area contributed by atoms with Crippen LogP contribution >= 0.6 is 23.2 Å². The number of hydrogen-bond donors (Lipinski definition) is 0. The minimum absolute atomic E-state index is 0.00793. The van der Waals surface area contributed by atoms with E-state index in [1.165, 1.54) is 19.8 Å². The molecule has 1 saturated heterocycles. The van der Waals surface area contributed by atoms with Crippen LogP contribution in [0.15, 0.2) is 23.4 Å². The average Bonchev–Trinajstić information content (AvgIpc) is 3.23. The fourth-order valence-corrected chi connectivity index (χ4v) is 4.55. The molecule has 1 heterocycles. The van der Waals surface area contributed by atoms with Gasteiger partial charge in [-0.15, -0.1) is 0 Å². The molecule has 1 aromatic carbocycles. The second-order valence-corrected chi connectivity index (χ2v) is 8.61. The third-order valence-electron chi connectivity index (χ3n) is 5.76. The lowest BCUT2D eigenvalue weighted by molar-refractivity contribution is -0.141. The smallest absolute Gasteiger partial charge is 0.331 e. The summed E-state index contributed by atoms with van der Waals surface area (Å²) in [6.07, 6.45) is 4.93. The van der Waals surface area contributed by atoms with E-state index in [0.717, 1.165) is 37.2 Å². The number of likely N-dealkylation sites (N-methyl/N-ethyl adjacent to an activating group) is 1. The predicted molar refractivity (Wildman–Crippen MR) is 114 cm³/mol. The number of rotatable bonds is 5. The van der Waals surface area contributed by atoms with Crippen molar-refractivity contribution in [3.8, 4) is 0 Å². The third kappa shape index (κ3) is 5.71. The molecule has 2 aliphatic rings. The first-order chi connectivity index (χ1) is 13.8. The molecule has 0 radical (unpaired) electrons. The summed E-state index contributed by atoms with van der Waals surface area (Å²) in [7, 11) is 1.85. The molecule has 8 heteroatoms. The summed E-state index contributed by atoms with van der Waals surface area (Å²) in [6, 6.07) is 5.56. The number of hydrogen-bond acceptors (Lipinski definition) is 5. The number of likely N-dealkylation sites (tertiary alicyclic amines) is 1. The van der Waals surface area contributed by atoms with Crippen LogP contribution in [0.3, 0.4) is 0 Å². The van der Waals surface area contributed by atoms with E-state index in [0.29, 0.717) is 16.5 Å². The standard InChI is InChI=1S/C21H27Cl2N3O3/c1-14(27)29-24-16-6-8-19(26-9-3-4-10-26)20(13-16)25(2)21(28)12-15-5-7-17(22)18(23)11-15/h5,7,11,19-20H,3-4,6,8-10,12-13H2,1-2H3/b24-16-. The Bertz CT molecular complexity index is 793. The highest BCUT2D eigenvalue weighted by Gasteiger charge is 2.37. The molecule has 2 unspecified atom stereocenters. The Hall–Kier alpha value is -1.63. The van der Waals surface area contributed by atoms with Crippen LogP contribution in [0, 0.1) is 0 Å². The van der Waals surface area contributed by atoms with E-state index in [9.17, 15) is 9.59 Å². The molecule has 3 rings (SSSR count). The van der Waals surface area contributed by atoms with Gasteiger partial charge in [0.2, 0.25) is 5.91 Å². The van der Waals surface area contributed by atoms with Crippen molar-refractivity contribution in [2.24, 2.45) is 5.16 Å². The molecule has 6 nitrogen and oxygen atoms in total. The zero-order valence-electron chi connectivity index (χ0n) is 16.9. The SMILES string of the molecule is CC(=O)O/N=C1/CCC(N2CCCC2)C(N(C)C(=O)Cc2ccc(Cl)c(Cl)c2)C1. The molecule has 1 aromatic rings. The molecule has 1 amide bonds. The lowest BCUT2D eigenvalue weighted by Crippen LogP contribution is -2.55. The van der Waals surface area contributed by atoms with Crippen LogP contribution in [0.4, 0.5) is 0 Å². The lowest BCUT2D eigenvalue weighted by atomic mass is 9.86. The van der Waals surface area contributed by atoms with Gasteiger partial charge in [0.1, 0.15) is 0 Å². The monoisotopic (exact) mass is 439 g/mol. The molecule has 158 valence electrons. The molecular formula is C21H27Cl2N3O3. The van der Waals surface area contributed by atoms with Gasteiger partial charge in [0.25, 0.3) is 0 Å². The predicted octanol–water partition coefficient (Wildman–Crippen LogP) is 3.93. The Morgan fingerprint density at radius 1 is 1.24 bits per heavy atom. The highest BCUT2D eigenvalue weighted by molar-refractivity contribution is 6.42. The van der Waals surface area contributed by atoms with Gasteiger partial charge in [0, 0.05) is 26.4 Å². The van der Waals surface area contributed by atoms with E-state index in [2.05, 4.69) is 10.1 Å². The molecule has 1 saturated carbocycles. The normalized spacial score (nSPS) is 23.9. The minimum Gasteiger partial charge on any atom is -0.341 e. The van der Waals surface area contributed by atoms with Gasteiger partial charge in [-0.05, 0) is 56.5 Å². The van der Waals surface area contributed by atoms with E-state index < -0.39 is 5.97 Å². The molecule has 1 aliphatic heterocycles. The molecule has 29 heavy (non-hydrogen) atoms. The highest BCUT2D eigenvalue weighted by atomic mass is 35.5. The van der Waals surface area contributed by atoms with Crippen LogP contribution in [0.1, 0.15) is 44.6 Å². The molecule has 2 atom stereocenters. The van der Waals surface area contributed by atoms with Crippen molar-refractivity contribution in [2.45, 2.75) is 57.5 Å². The van der Waals surface area contributed by atoms with Crippen LogP contribution < -0.4 is 0 Å². The molecule has 0 aromatic heterocycles. The van der Waals surface area contributed by atoms with Gasteiger partial charge < -0.3 is 9.74 Å². The van der Waals surface area contributed by atoms with E-state index in [-0.39, 0.29) is 24.4 Å². The first-order valence-electron chi connectivity index (χ1n) is 10.0. The van der Waals surface area contributed by atoms with Crippen molar-refractivity contribution in [1.29, 1.82) is 0 Å². The summed E-state index contributed by atoms with van der Waals surface area (Å²) in [4.78, 5) is 33.3. The van der Waals surface area contributed by atoms with Crippen molar-refractivity contribution in [3.63, 3.8) is 0 Å². The number of amides is 1. The second-order valence-electron chi connectivity index (χ2n) is 7.79. The van der Waals surface area contributed by atoms with Crippen molar-refractivity contribution in [2.75, 3.05) is 20.1 Å². The Balaban J connectivity index is 1.74. The molecular weight excluding hydrogens is 413 g/mol. The van der Waals surface area contributed by atoms with E-state index in [1.807, 2.05) is 18.0 Å². The zero-order chi connectivity index (χ0) is 21.0. The van der Waals surface area contributed by atoms with Gasteiger partial charge in [-0.3, -0.25) is 9.69 Å². The fourth-order valence-electron chi connectivity index (χ4n) is 4.23. The van der Waals surface area contributed by atoms with Crippen molar-refractivity contribution < 1.29 is 14.4 Å². The number of nitrogens with zero attached hydrogens (tertiary/aromatic N) is 3. The first kappa shape index (κ1) is 22.1. The van der Waals surface area contributed by atoms with Crippen molar-refractivity contribution in [1.82, 2.24) is 9.80 Å². The van der Waals surface area contributed by atoms with Crippen LogP contribution in [0.5, 0.6) is 0 Å². The van der Waals surface area contributed by atoms with Crippen molar-refractivity contribution in [3.05, 3.63) is 33.8 Å². The Labute approximate surface area is 181 Å². The molecule has 0 N–H and O–H groups in total. The summed E-state index contributed by atoms with van der Waals surface area (Å²) in [5.74, 6) is -0.411. The maximum atomic E-state index is 13.0. The van der Waals surface area contributed by atoms with E-state index >= 15 is 0 Å². The average molecular weight is 440 g/mol. The zero-order valence-corrected chi connectivity index (χ0v) is 18.4. The number of oxime groups is 1. The van der Waals surface area contributed by atoms with Gasteiger partial charge in [-0.2, -0.15) is 0 Å². The highest BCUT2D eigenvalue weighted by Crippen LogP contribution is 2.29. The summed E-state index contributed by atoms with van der Waals surface area (Å²) >= 11 is 12.1. The Morgan fingerprint density at radius 2 is 1.97 bits per heavy atom. The van der Waals surface area contributed by atoms with Gasteiger partial charge in [-0.25, -0.2) is 4.79 Å². The van der Waals surface area contributed by atoms with Gasteiger partial charge in [0.15, 0.2) is 0 Å². The lowest BCUT2D eigenvalue weighted by Gasteiger charge is -2.42. The van der Waals surface area contributed by atoms with Gasteiger partial charge >= 0.3 is 5.97 Å². The summed E-state index contributed by atoms with van der Waals surface area (Å²) in [5.41, 5.74) is 1.66. The van der Waals surface area contributed by atoms with Gasteiger partial charge in [-0.1, -0.05) is 34.4 Å². The maximum Gasteiger partial charge on any atom is 0.331 e.